The first-order valence-corrected chi connectivity index (χ1v) is 7.29. The number of nitro groups is 1. The highest BCUT2D eigenvalue weighted by molar-refractivity contribution is 9.10. The van der Waals surface area contributed by atoms with Gasteiger partial charge in [-0.25, -0.2) is 0 Å². The normalized spacial score (nSPS) is 10.4. The smallest absolute Gasteiger partial charge is 0.284 e. The summed E-state index contributed by atoms with van der Waals surface area (Å²) in [5.74, 6) is -0.410. The maximum atomic E-state index is 12.3. The minimum Gasteiger partial charge on any atom is -0.320 e. The summed E-state index contributed by atoms with van der Waals surface area (Å²) in [7, 11) is 0. The lowest BCUT2D eigenvalue weighted by molar-refractivity contribution is -0.385. The van der Waals surface area contributed by atoms with Crippen molar-refractivity contribution < 1.29 is 9.72 Å². The second kappa shape index (κ2) is 6.23. The van der Waals surface area contributed by atoms with Crippen LogP contribution in [0.25, 0.3) is 0 Å². The molecule has 0 saturated carbocycles. The number of nitrogens with one attached hydrogen (secondary N) is 1. The van der Waals surface area contributed by atoms with Crippen molar-refractivity contribution in [3.63, 3.8) is 0 Å². The largest absolute Gasteiger partial charge is 0.320 e. The molecule has 0 atom stereocenters. The Bertz CT molecular complexity index is 752. The quantitative estimate of drug-likeness (QED) is 0.661. The van der Waals surface area contributed by atoms with Crippen LogP contribution in [0, 0.1) is 30.9 Å². The van der Waals surface area contributed by atoms with Gasteiger partial charge in [0.2, 0.25) is 0 Å². The number of carbonyl (C=O) groups is 1. The van der Waals surface area contributed by atoms with Gasteiger partial charge in [-0.1, -0.05) is 0 Å². The number of hydrogen-bond donors (Lipinski definition) is 1. The zero-order valence-corrected chi connectivity index (χ0v) is 13.9. The van der Waals surface area contributed by atoms with Crippen LogP contribution in [-0.4, -0.2) is 15.8 Å². The van der Waals surface area contributed by atoms with Gasteiger partial charge in [-0.05, 0) is 60.5 Å². The molecule has 1 heterocycles. The van der Waals surface area contributed by atoms with E-state index in [9.17, 15) is 14.9 Å². The lowest BCUT2D eigenvalue weighted by atomic mass is 10.1. The Kier molecular flexibility index (Phi) is 4.56. The molecule has 0 fully saturated rings. The van der Waals surface area contributed by atoms with Crippen molar-refractivity contribution in [1.29, 1.82) is 0 Å². The predicted octanol–water partition coefficient (Wildman–Crippen LogP) is 3.93. The zero-order valence-electron chi connectivity index (χ0n) is 12.3. The average Bonchev–Trinajstić information content (AvgIpc) is 2.42. The van der Waals surface area contributed by atoms with Crippen LogP contribution < -0.4 is 5.32 Å². The van der Waals surface area contributed by atoms with E-state index in [1.165, 1.54) is 18.2 Å². The van der Waals surface area contributed by atoms with E-state index >= 15 is 0 Å². The Labute approximate surface area is 135 Å². The van der Waals surface area contributed by atoms with Crippen LogP contribution in [0.5, 0.6) is 0 Å². The summed E-state index contributed by atoms with van der Waals surface area (Å²) in [5, 5.41) is 13.7. The van der Waals surface area contributed by atoms with Crippen molar-refractivity contribution in [3.8, 4) is 0 Å². The third-order valence-corrected chi connectivity index (χ3v) is 3.84. The van der Waals surface area contributed by atoms with E-state index in [2.05, 4.69) is 26.2 Å². The van der Waals surface area contributed by atoms with Gasteiger partial charge in [0.05, 0.1) is 20.8 Å². The molecule has 2 rings (SSSR count). The maximum Gasteiger partial charge on any atom is 0.284 e. The highest BCUT2D eigenvalue weighted by Crippen LogP contribution is 2.26. The molecule has 22 heavy (non-hydrogen) atoms. The fraction of sp³-hybridized carbons (Fsp3) is 0.200. The first kappa shape index (κ1) is 16.1. The van der Waals surface area contributed by atoms with Gasteiger partial charge in [-0.3, -0.25) is 19.9 Å². The molecular weight excluding hydrogens is 350 g/mol. The highest BCUT2D eigenvalue weighted by Gasteiger charge is 2.17. The number of benzene rings is 1. The third kappa shape index (κ3) is 3.30. The zero-order chi connectivity index (χ0) is 16.4. The maximum absolute atomic E-state index is 12.3. The van der Waals surface area contributed by atoms with Crippen LogP contribution in [0.15, 0.2) is 28.7 Å². The van der Waals surface area contributed by atoms with Crippen molar-refractivity contribution >= 4 is 33.2 Å². The third-order valence-electron chi connectivity index (χ3n) is 3.17. The van der Waals surface area contributed by atoms with Crippen molar-refractivity contribution in [3.05, 3.63) is 61.4 Å². The van der Waals surface area contributed by atoms with Crippen LogP contribution in [0.2, 0.25) is 0 Å². The van der Waals surface area contributed by atoms with Crippen LogP contribution in [0.3, 0.4) is 0 Å². The predicted molar refractivity (Wildman–Crippen MR) is 87.2 cm³/mol. The van der Waals surface area contributed by atoms with Crippen LogP contribution in [-0.2, 0) is 0 Å². The Hall–Kier alpha value is -2.28. The first-order chi connectivity index (χ1) is 10.3. The number of halogens is 1. The molecule has 1 N–H and O–H groups in total. The summed E-state index contributed by atoms with van der Waals surface area (Å²) in [5.41, 5.74) is 3.16. The second-order valence-corrected chi connectivity index (χ2v) is 5.77. The molecule has 0 radical (unpaired) electrons. The summed E-state index contributed by atoms with van der Waals surface area (Å²) >= 11 is 3.09. The highest BCUT2D eigenvalue weighted by atomic mass is 79.9. The standard InChI is InChI=1S/C15H14BrN3O3/c1-8-6-9(2)17-10(3)14(8)18-15(20)11-4-5-12(16)13(7-11)19(21)22/h4-7H,1-3H3,(H,18,20). The van der Waals surface area contributed by atoms with Crippen molar-refractivity contribution in [1.82, 2.24) is 4.98 Å². The number of hydrogen-bond acceptors (Lipinski definition) is 4. The molecule has 6 nitrogen and oxygen atoms in total. The second-order valence-electron chi connectivity index (χ2n) is 4.92. The number of amides is 1. The number of pyridine rings is 1. The summed E-state index contributed by atoms with van der Waals surface area (Å²) in [6, 6.07) is 6.12. The monoisotopic (exact) mass is 363 g/mol. The number of rotatable bonds is 3. The van der Waals surface area contributed by atoms with Gasteiger partial charge >= 0.3 is 0 Å². The number of nitrogens with zero attached hydrogens (tertiary/aromatic N) is 2. The molecule has 0 bridgehead atoms. The van der Waals surface area contributed by atoms with E-state index in [1.54, 1.807) is 6.92 Å². The molecule has 0 aliphatic carbocycles. The van der Waals surface area contributed by atoms with Gasteiger partial charge < -0.3 is 5.32 Å². The topological polar surface area (TPSA) is 85.1 Å². The molecule has 0 aliphatic heterocycles. The number of anilines is 1. The minimum atomic E-state index is -0.537. The Morgan fingerprint density at radius 3 is 2.55 bits per heavy atom. The number of nitro benzene ring substituents is 1. The average molecular weight is 364 g/mol. The Morgan fingerprint density at radius 1 is 1.27 bits per heavy atom. The van der Waals surface area contributed by atoms with E-state index in [0.29, 0.717) is 15.9 Å². The van der Waals surface area contributed by atoms with E-state index in [1.807, 2.05) is 19.9 Å². The van der Waals surface area contributed by atoms with Gasteiger partial charge in [-0.15, -0.1) is 0 Å². The Balaban J connectivity index is 2.34. The molecule has 0 saturated heterocycles. The minimum absolute atomic E-state index is 0.150. The van der Waals surface area contributed by atoms with Crippen molar-refractivity contribution in [2.75, 3.05) is 5.32 Å². The lowest BCUT2D eigenvalue weighted by Gasteiger charge is -2.12. The van der Waals surface area contributed by atoms with Crippen molar-refractivity contribution in [2.24, 2.45) is 0 Å². The van der Waals surface area contributed by atoms with Gasteiger partial charge in [0, 0.05) is 17.3 Å². The Morgan fingerprint density at radius 2 is 1.95 bits per heavy atom. The summed E-state index contributed by atoms with van der Waals surface area (Å²) < 4.78 is 0.332. The lowest BCUT2D eigenvalue weighted by Crippen LogP contribution is -2.15. The van der Waals surface area contributed by atoms with E-state index in [-0.39, 0.29) is 11.3 Å². The summed E-state index contributed by atoms with van der Waals surface area (Å²) in [6.45, 7) is 5.56. The molecule has 0 spiro atoms. The molecule has 1 aromatic heterocycles. The molecular formula is C15H14BrN3O3. The molecule has 0 unspecified atom stereocenters. The molecule has 7 heteroatoms. The van der Waals surface area contributed by atoms with E-state index in [4.69, 9.17) is 0 Å². The van der Waals surface area contributed by atoms with Gasteiger partial charge in [0.1, 0.15) is 0 Å². The van der Waals surface area contributed by atoms with Crippen LogP contribution >= 0.6 is 15.9 Å². The fourth-order valence-corrected chi connectivity index (χ4v) is 2.58. The van der Waals surface area contributed by atoms with E-state index < -0.39 is 10.8 Å². The van der Waals surface area contributed by atoms with Gasteiger partial charge in [0.25, 0.3) is 11.6 Å². The summed E-state index contributed by atoms with van der Waals surface area (Å²) in [6.07, 6.45) is 0. The van der Waals surface area contributed by atoms with Gasteiger partial charge in [-0.2, -0.15) is 0 Å². The molecule has 114 valence electrons. The molecule has 2 aromatic rings. The SMILES string of the molecule is Cc1cc(C)c(NC(=O)c2ccc(Br)c([N+](=O)[O-])c2)c(C)n1. The molecule has 1 amide bonds. The summed E-state index contributed by atoms with van der Waals surface area (Å²) in [4.78, 5) is 27.0. The van der Waals surface area contributed by atoms with Crippen molar-refractivity contribution in [2.45, 2.75) is 20.8 Å². The fourth-order valence-electron chi connectivity index (χ4n) is 2.19. The number of aromatic nitrogens is 1. The number of carbonyl (C=O) groups excluding carboxylic acids is 1. The van der Waals surface area contributed by atoms with Crippen LogP contribution in [0.4, 0.5) is 11.4 Å². The first-order valence-electron chi connectivity index (χ1n) is 6.49. The number of aryl methyl sites for hydroxylation is 3. The molecule has 1 aromatic carbocycles. The van der Waals surface area contributed by atoms with Crippen LogP contribution in [0.1, 0.15) is 27.3 Å². The van der Waals surface area contributed by atoms with Gasteiger partial charge in [0.15, 0.2) is 0 Å². The molecule has 0 aliphatic rings. The van der Waals surface area contributed by atoms with E-state index in [0.717, 1.165) is 11.3 Å².